The molecule has 106 valence electrons. The van der Waals surface area contributed by atoms with Crippen LogP contribution in [0.5, 0.6) is 5.75 Å². The van der Waals surface area contributed by atoms with Gasteiger partial charge in [0.05, 0.1) is 0 Å². The van der Waals surface area contributed by atoms with Gasteiger partial charge in [-0.1, -0.05) is 63.2 Å². The van der Waals surface area contributed by atoms with E-state index >= 15 is 0 Å². The maximum absolute atomic E-state index is 14.6. The van der Waals surface area contributed by atoms with Crippen molar-refractivity contribution in [2.24, 2.45) is 0 Å². The average Bonchev–Trinajstić information content (AvgIpc) is 2.38. The lowest BCUT2D eigenvalue weighted by atomic mass is 9.86. The fourth-order valence-corrected chi connectivity index (χ4v) is 2.14. The normalized spacial score (nSPS) is 11.4. The zero-order valence-electron chi connectivity index (χ0n) is 12.5. The van der Waals surface area contributed by atoms with E-state index in [9.17, 15) is 4.39 Å². The second-order valence-corrected chi connectivity index (χ2v) is 6.10. The fraction of sp³-hybridized carbons (Fsp3) is 0.333. The summed E-state index contributed by atoms with van der Waals surface area (Å²) in [4.78, 5) is 0. The van der Waals surface area contributed by atoms with Crippen molar-refractivity contribution < 1.29 is 9.13 Å². The zero-order valence-corrected chi connectivity index (χ0v) is 12.5. The van der Waals surface area contributed by atoms with Crippen LogP contribution in [-0.4, -0.2) is 0 Å². The molecule has 0 amide bonds. The van der Waals surface area contributed by atoms with Crippen LogP contribution < -0.4 is 4.74 Å². The molecule has 0 spiro atoms. The molecule has 0 aliphatic carbocycles. The number of rotatable bonds is 3. The summed E-state index contributed by atoms with van der Waals surface area (Å²) in [5.41, 5.74) is 2.31. The van der Waals surface area contributed by atoms with E-state index in [2.05, 4.69) is 0 Å². The summed E-state index contributed by atoms with van der Waals surface area (Å²) in [6, 6.07) is 13.6. The molecule has 0 atom stereocenters. The number of aryl methyl sites for hydroxylation is 1. The third-order valence-corrected chi connectivity index (χ3v) is 3.33. The predicted molar refractivity (Wildman–Crippen MR) is 80.6 cm³/mol. The van der Waals surface area contributed by atoms with Gasteiger partial charge in [-0.25, -0.2) is 4.39 Å². The first-order valence-corrected chi connectivity index (χ1v) is 6.86. The van der Waals surface area contributed by atoms with Crippen molar-refractivity contribution in [1.29, 1.82) is 0 Å². The first-order valence-electron chi connectivity index (χ1n) is 6.86. The summed E-state index contributed by atoms with van der Waals surface area (Å²) in [7, 11) is 0. The molecule has 0 aliphatic rings. The fourth-order valence-electron chi connectivity index (χ4n) is 2.14. The summed E-state index contributed by atoms with van der Waals surface area (Å²) in [6.45, 7) is 8.26. The van der Waals surface area contributed by atoms with Crippen LogP contribution in [0.3, 0.4) is 0 Å². The van der Waals surface area contributed by atoms with Crippen molar-refractivity contribution in [2.45, 2.75) is 39.7 Å². The first kappa shape index (κ1) is 14.6. The Morgan fingerprint density at radius 1 is 1.00 bits per heavy atom. The van der Waals surface area contributed by atoms with Crippen LogP contribution in [0.1, 0.15) is 37.5 Å². The van der Waals surface area contributed by atoms with Gasteiger partial charge >= 0.3 is 0 Å². The van der Waals surface area contributed by atoms with Gasteiger partial charge in [0.25, 0.3) is 0 Å². The molecule has 0 saturated heterocycles. The van der Waals surface area contributed by atoms with Gasteiger partial charge < -0.3 is 4.74 Å². The molecule has 1 nitrogen and oxygen atoms in total. The lowest BCUT2D eigenvalue weighted by Crippen LogP contribution is -2.15. The van der Waals surface area contributed by atoms with Gasteiger partial charge in [-0.05, 0) is 29.0 Å². The molecule has 0 heterocycles. The van der Waals surface area contributed by atoms with E-state index in [0.29, 0.717) is 17.9 Å². The maximum atomic E-state index is 14.6. The molecule has 0 aliphatic heterocycles. The van der Waals surface area contributed by atoms with Crippen LogP contribution in [0.25, 0.3) is 0 Å². The highest BCUT2D eigenvalue weighted by molar-refractivity contribution is 5.41. The van der Waals surface area contributed by atoms with Crippen LogP contribution in [0.2, 0.25) is 0 Å². The van der Waals surface area contributed by atoms with E-state index < -0.39 is 0 Å². The highest BCUT2D eigenvalue weighted by Gasteiger charge is 2.22. The molecule has 0 N–H and O–H groups in total. The molecule has 0 fully saturated rings. The third kappa shape index (κ3) is 3.19. The lowest BCUT2D eigenvalue weighted by molar-refractivity contribution is 0.285. The monoisotopic (exact) mass is 272 g/mol. The molecule has 0 unspecified atom stereocenters. The zero-order chi connectivity index (χ0) is 14.8. The third-order valence-electron chi connectivity index (χ3n) is 3.33. The Labute approximate surface area is 120 Å². The summed E-state index contributed by atoms with van der Waals surface area (Å²) >= 11 is 0. The van der Waals surface area contributed by atoms with Crippen molar-refractivity contribution in [3.8, 4) is 5.75 Å². The van der Waals surface area contributed by atoms with E-state index in [1.807, 2.05) is 70.2 Å². The lowest BCUT2D eigenvalue weighted by Gasteiger charge is -2.22. The molecule has 2 heteroatoms. The Kier molecular flexibility index (Phi) is 4.12. The van der Waals surface area contributed by atoms with Gasteiger partial charge in [0.2, 0.25) is 0 Å². The standard InChI is InChI=1S/C18H21FO/c1-13-10-11-15(18(2,3)4)16(19)17(13)20-12-14-8-6-5-7-9-14/h5-11H,12H2,1-4H3. The van der Waals surface area contributed by atoms with Gasteiger partial charge in [0.1, 0.15) is 6.61 Å². The highest BCUT2D eigenvalue weighted by atomic mass is 19.1. The van der Waals surface area contributed by atoms with Gasteiger partial charge in [-0.3, -0.25) is 0 Å². The summed E-state index contributed by atoms with van der Waals surface area (Å²) in [6.07, 6.45) is 0. The molecule has 20 heavy (non-hydrogen) atoms. The molecule has 0 saturated carbocycles. The second kappa shape index (κ2) is 5.66. The minimum absolute atomic E-state index is 0.233. The van der Waals surface area contributed by atoms with Crippen LogP contribution in [0.15, 0.2) is 42.5 Å². The van der Waals surface area contributed by atoms with Gasteiger partial charge in [-0.2, -0.15) is 0 Å². The minimum atomic E-state index is -0.242. The van der Waals surface area contributed by atoms with E-state index in [1.165, 1.54) is 0 Å². The van der Waals surface area contributed by atoms with E-state index in [0.717, 1.165) is 11.1 Å². The number of ether oxygens (including phenoxy) is 1. The van der Waals surface area contributed by atoms with E-state index in [4.69, 9.17) is 4.74 Å². The molecule has 2 rings (SSSR count). The number of halogens is 1. The molecule has 2 aromatic rings. The molecule has 0 radical (unpaired) electrons. The van der Waals surface area contributed by atoms with Crippen molar-refractivity contribution >= 4 is 0 Å². The second-order valence-electron chi connectivity index (χ2n) is 6.10. The Balaban J connectivity index is 2.27. The van der Waals surface area contributed by atoms with Crippen molar-refractivity contribution in [2.75, 3.05) is 0 Å². The van der Waals surface area contributed by atoms with Crippen molar-refractivity contribution in [3.63, 3.8) is 0 Å². The van der Waals surface area contributed by atoms with Crippen LogP contribution in [0, 0.1) is 12.7 Å². The summed E-state index contributed by atoms with van der Waals surface area (Å²) in [5, 5.41) is 0. The highest BCUT2D eigenvalue weighted by Crippen LogP contribution is 2.33. The van der Waals surface area contributed by atoms with Gasteiger partial charge in [-0.15, -0.1) is 0 Å². The Bertz CT molecular complexity index is 582. The van der Waals surface area contributed by atoms with Crippen LogP contribution in [0.4, 0.5) is 4.39 Å². The molecule has 2 aromatic carbocycles. The Morgan fingerprint density at radius 3 is 2.25 bits per heavy atom. The SMILES string of the molecule is Cc1ccc(C(C)(C)C)c(F)c1OCc1ccccc1. The quantitative estimate of drug-likeness (QED) is 0.763. The van der Waals surface area contributed by atoms with Gasteiger partial charge in [0, 0.05) is 0 Å². The first-order chi connectivity index (χ1) is 9.39. The Hall–Kier alpha value is -1.83. The van der Waals surface area contributed by atoms with Crippen molar-refractivity contribution in [1.82, 2.24) is 0 Å². The number of hydrogen-bond acceptors (Lipinski definition) is 1. The smallest absolute Gasteiger partial charge is 0.169 e. The molecule has 0 bridgehead atoms. The van der Waals surface area contributed by atoms with Crippen LogP contribution >= 0.6 is 0 Å². The molecular formula is C18H21FO. The summed E-state index contributed by atoms with van der Waals surface area (Å²) < 4.78 is 20.3. The maximum Gasteiger partial charge on any atom is 0.169 e. The average molecular weight is 272 g/mol. The van der Waals surface area contributed by atoms with E-state index in [1.54, 1.807) is 0 Å². The largest absolute Gasteiger partial charge is 0.486 e. The van der Waals surface area contributed by atoms with Crippen LogP contribution in [-0.2, 0) is 12.0 Å². The minimum Gasteiger partial charge on any atom is -0.486 e. The number of hydrogen-bond donors (Lipinski definition) is 0. The van der Waals surface area contributed by atoms with Gasteiger partial charge in [0.15, 0.2) is 11.6 Å². The number of benzene rings is 2. The topological polar surface area (TPSA) is 9.23 Å². The Morgan fingerprint density at radius 2 is 1.65 bits per heavy atom. The van der Waals surface area contributed by atoms with Crippen molar-refractivity contribution in [3.05, 3.63) is 65.0 Å². The van der Waals surface area contributed by atoms with E-state index in [-0.39, 0.29) is 11.2 Å². The molecular weight excluding hydrogens is 251 g/mol. The molecule has 0 aromatic heterocycles. The summed E-state index contributed by atoms with van der Waals surface area (Å²) in [5.74, 6) is 0.120. The predicted octanol–water partition coefficient (Wildman–Crippen LogP) is 5.01.